The molecule has 2 aliphatic heterocycles. The quantitative estimate of drug-likeness (QED) is 0.142. The molecular weight excluding hydrogens is 816 g/mol. The summed E-state index contributed by atoms with van der Waals surface area (Å²) in [5, 5.41) is 2.30. The zero-order valence-corrected chi connectivity index (χ0v) is 36.6. The number of hydrogen-bond acceptors (Lipinski definition) is 4. The molecule has 0 amide bonds. The molecule has 2 heterocycles. The van der Waals surface area contributed by atoms with Crippen molar-refractivity contribution in [1.29, 1.82) is 0 Å². The standard InChI is InChI=1S/C62H43BN2O2/c1-5-22-42(23-6-1)46-30-17-19-36-52(46)65(53-37-20-18-31-47(53)43-24-7-2-8-25-43)55-41-59-61(51-35-16-14-33-49(51)55)63-60-50-34-15-13-32-48(50)54(40-58(60)66-56-38-21-39-57(67-59)62(56)63)64(44-26-9-3-10-27-44)45-28-11-4-12-29-45/h1-41,49,51H. The van der Waals surface area contributed by atoms with Crippen LogP contribution in [0.5, 0.6) is 17.2 Å². The molecule has 4 aliphatic rings. The zero-order chi connectivity index (χ0) is 44.3. The largest absolute Gasteiger partial charge is 0.459 e. The van der Waals surface area contributed by atoms with Crippen LogP contribution in [0, 0.1) is 11.8 Å². The number of rotatable bonds is 8. The van der Waals surface area contributed by atoms with Gasteiger partial charge in [-0.3, -0.25) is 0 Å². The van der Waals surface area contributed by atoms with E-state index in [0.717, 1.165) is 101 Å². The number of ether oxygens (including phenoxy) is 2. The van der Waals surface area contributed by atoms with Crippen molar-refractivity contribution in [3.05, 3.63) is 266 Å². The van der Waals surface area contributed by atoms with Crippen molar-refractivity contribution in [3.8, 4) is 39.5 Å². The van der Waals surface area contributed by atoms with Crippen LogP contribution in [-0.2, 0) is 0 Å². The minimum atomic E-state index is -0.136. The Bertz CT molecular complexity index is 3370. The van der Waals surface area contributed by atoms with E-state index < -0.39 is 0 Å². The molecule has 2 aliphatic carbocycles. The lowest BCUT2D eigenvalue weighted by molar-refractivity contribution is 0.411. The Morgan fingerprint density at radius 3 is 1.51 bits per heavy atom. The Hall–Kier alpha value is -8.54. The van der Waals surface area contributed by atoms with E-state index in [-0.39, 0.29) is 18.5 Å². The number of fused-ring (bicyclic) bond motifs is 7. The fourth-order valence-corrected chi connectivity index (χ4v) is 11.0. The van der Waals surface area contributed by atoms with Crippen molar-refractivity contribution in [3.63, 3.8) is 0 Å². The van der Waals surface area contributed by atoms with E-state index in [1.165, 1.54) is 5.47 Å². The number of nitrogens with zero attached hydrogens (tertiary/aromatic N) is 2. The fraction of sp³-hybridized carbons (Fsp3) is 0.0323. The highest BCUT2D eigenvalue weighted by Gasteiger charge is 2.49. The Balaban J connectivity index is 1.06. The van der Waals surface area contributed by atoms with E-state index in [9.17, 15) is 0 Å². The molecule has 0 N–H and O–H groups in total. The van der Waals surface area contributed by atoms with Crippen molar-refractivity contribution >= 4 is 56.8 Å². The van der Waals surface area contributed by atoms with Crippen molar-refractivity contribution in [1.82, 2.24) is 0 Å². The second-order valence-corrected chi connectivity index (χ2v) is 17.5. The molecule has 316 valence electrons. The van der Waals surface area contributed by atoms with Crippen LogP contribution in [0.3, 0.4) is 0 Å². The van der Waals surface area contributed by atoms with Crippen LogP contribution in [0.15, 0.2) is 266 Å². The SMILES string of the molecule is C1=CC2C(N(c3ccccc3-c3ccccc3)c3ccccc3-c3ccccc3)=CC3=C(B4c5c(cccc5Oc5cc(N(c6ccccc6)c6ccccc6)c6ccccc6c54)O3)C2C=C1. The highest BCUT2D eigenvalue weighted by molar-refractivity contribution is 6.95. The number of anilines is 5. The minimum Gasteiger partial charge on any atom is -0.459 e. The molecule has 0 aromatic heterocycles. The van der Waals surface area contributed by atoms with E-state index in [0.29, 0.717) is 0 Å². The normalized spacial score (nSPS) is 16.2. The maximum Gasteiger partial charge on any atom is 0.257 e. The number of benzene rings is 9. The lowest BCUT2D eigenvalue weighted by Gasteiger charge is -2.45. The highest BCUT2D eigenvalue weighted by Crippen LogP contribution is 2.52. The summed E-state index contributed by atoms with van der Waals surface area (Å²) in [6, 6.07) is 77.7. The summed E-state index contributed by atoms with van der Waals surface area (Å²) >= 11 is 0. The molecule has 0 radical (unpaired) electrons. The zero-order valence-electron chi connectivity index (χ0n) is 36.6. The molecule has 67 heavy (non-hydrogen) atoms. The first kappa shape index (κ1) is 38.9. The topological polar surface area (TPSA) is 24.9 Å². The van der Waals surface area contributed by atoms with E-state index in [1.54, 1.807) is 0 Å². The van der Waals surface area contributed by atoms with Crippen LogP contribution in [0.25, 0.3) is 33.0 Å². The molecule has 13 rings (SSSR count). The first-order valence-corrected chi connectivity index (χ1v) is 23.1. The molecule has 0 saturated heterocycles. The molecule has 5 heteroatoms. The van der Waals surface area contributed by atoms with Gasteiger partial charge in [0.1, 0.15) is 23.0 Å². The summed E-state index contributed by atoms with van der Waals surface area (Å²) in [7, 11) is 0. The van der Waals surface area contributed by atoms with Crippen molar-refractivity contribution < 1.29 is 9.47 Å². The smallest absolute Gasteiger partial charge is 0.257 e. The second-order valence-electron chi connectivity index (χ2n) is 17.5. The van der Waals surface area contributed by atoms with Crippen LogP contribution >= 0.6 is 0 Å². The first-order valence-electron chi connectivity index (χ1n) is 23.1. The molecule has 0 bridgehead atoms. The van der Waals surface area contributed by atoms with Crippen LogP contribution in [0.1, 0.15) is 0 Å². The summed E-state index contributed by atoms with van der Waals surface area (Å²) in [5.41, 5.74) is 14.7. The number of hydrogen-bond donors (Lipinski definition) is 0. The van der Waals surface area contributed by atoms with Crippen molar-refractivity contribution in [2.75, 3.05) is 9.80 Å². The summed E-state index contributed by atoms with van der Waals surface area (Å²) in [6.07, 6.45) is 11.6. The molecular formula is C62H43BN2O2. The Morgan fingerprint density at radius 2 is 0.896 bits per heavy atom. The van der Waals surface area contributed by atoms with Crippen LogP contribution < -0.4 is 30.2 Å². The van der Waals surface area contributed by atoms with Gasteiger partial charge in [0, 0.05) is 63.0 Å². The predicted octanol–water partition coefficient (Wildman–Crippen LogP) is 14.6. The third-order valence-electron chi connectivity index (χ3n) is 13.8. The van der Waals surface area contributed by atoms with Gasteiger partial charge >= 0.3 is 0 Å². The monoisotopic (exact) mass is 858 g/mol. The fourth-order valence-electron chi connectivity index (χ4n) is 11.0. The Labute approximate surface area is 391 Å². The Morgan fingerprint density at radius 1 is 0.388 bits per heavy atom. The molecule has 2 atom stereocenters. The summed E-state index contributed by atoms with van der Waals surface area (Å²) in [6.45, 7) is -0.136. The van der Waals surface area contributed by atoms with Gasteiger partial charge in [0.15, 0.2) is 0 Å². The molecule has 0 spiro atoms. The van der Waals surface area contributed by atoms with Gasteiger partial charge < -0.3 is 19.3 Å². The van der Waals surface area contributed by atoms with Gasteiger partial charge in [0.25, 0.3) is 6.71 Å². The van der Waals surface area contributed by atoms with E-state index >= 15 is 0 Å². The molecule has 2 unspecified atom stereocenters. The lowest BCUT2D eigenvalue weighted by atomic mass is 9.31. The molecule has 4 nitrogen and oxygen atoms in total. The summed E-state index contributed by atoms with van der Waals surface area (Å²) in [4.78, 5) is 4.86. The maximum absolute atomic E-state index is 7.25. The van der Waals surface area contributed by atoms with Gasteiger partial charge in [-0.2, -0.15) is 0 Å². The van der Waals surface area contributed by atoms with Crippen LogP contribution in [-0.4, -0.2) is 6.71 Å². The highest BCUT2D eigenvalue weighted by atomic mass is 16.5. The second kappa shape index (κ2) is 16.2. The van der Waals surface area contributed by atoms with Crippen LogP contribution in [0.2, 0.25) is 0 Å². The number of allylic oxidation sites excluding steroid dienone is 6. The van der Waals surface area contributed by atoms with Gasteiger partial charge in [-0.1, -0.05) is 188 Å². The molecule has 0 fully saturated rings. The van der Waals surface area contributed by atoms with Crippen molar-refractivity contribution in [2.45, 2.75) is 0 Å². The van der Waals surface area contributed by atoms with Gasteiger partial charge in [0.05, 0.1) is 17.1 Å². The predicted molar refractivity (Wildman–Crippen MR) is 277 cm³/mol. The number of para-hydroxylation sites is 4. The van der Waals surface area contributed by atoms with Gasteiger partial charge in [-0.15, -0.1) is 0 Å². The average molecular weight is 859 g/mol. The third-order valence-corrected chi connectivity index (χ3v) is 13.8. The van der Waals surface area contributed by atoms with E-state index in [1.807, 2.05) is 0 Å². The first-order chi connectivity index (χ1) is 33.3. The van der Waals surface area contributed by atoms with Gasteiger partial charge in [-0.25, -0.2) is 0 Å². The summed E-state index contributed by atoms with van der Waals surface area (Å²) < 4.78 is 14.4. The molecule has 0 saturated carbocycles. The Kier molecular flexibility index (Phi) is 9.38. The third kappa shape index (κ3) is 6.46. The minimum absolute atomic E-state index is 0.0304. The van der Waals surface area contributed by atoms with Crippen molar-refractivity contribution in [2.24, 2.45) is 11.8 Å². The average Bonchev–Trinajstić information content (AvgIpc) is 3.40. The van der Waals surface area contributed by atoms with E-state index in [4.69, 9.17) is 9.47 Å². The summed E-state index contributed by atoms with van der Waals surface area (Å²) in [5.74, 6) is 3.31. The maximum atomic E-state index is 7.25. The van der Waals surface area contributed by atoms with Gasteiger partial charge in [0.2, 0.25) is 0 Å². The van der Waals surface area contributed by atoms with Crippen LogP contribution in [0.4, 0.5) is 28.4 Å². The van der Waals surface area contributed by atoms with Gasteiger partial charge in [-0.05, 0) is 76.0 Å². The lowest BCUT2D eigenvalue weighted by Crippen LogP contribution is -2.54. The molecule has 9 aromatic rings. The van der Waals surface area contributed by atoms with E-state index in [2.05, 4.69) is 259 Å². The molecule has 9 aromatic carbocycles.